The van der Waals surface area contributed by atoms with Gasteiger partial charge in [-0.2, -0.15) is 11.8 Å². The molecular formula is C14H22N2OS. The van der Waals surface area contributed by atoms with Crippen molar-refractivity contribution in [3.63, 3.8) is 0 Å². The quantitative estimate of drug-likeness (QED) is 0.858. The predicted molar refractivity (Wildman–Crippen MR) is 77.1 cm³/mol. The fraction of sp³-hybridized carbons (Fsp3) is 0.643. The van der Waals surface area contributed by atoms with Crippen LogP contribution in [0.15, 0.2) is 18.3 Å². The Labute approximate surface area is 114 Å². The third-order valence-corrected chi connectivity index (χ3v) is 4.20. The molecule has 18 heavy (non-hydrogen) atoms. The third-order valence-electron chi connectivity index (χ3n) is 2.97. The molecule has 100 valence electrons. The lowest BCUT2D eigenvalue weighted by Crippen LogP contribution is -2.23. The molecule has 2 rings (SSSR count). The number of nitrogens with zero attached hydrogens (tertiary/aromatic N) is 1. The highest BCUT2D eigenvalue weighted by Gasteiger charge is 2.15. The van der Waals surface area contributed by atoms with Gasteiger partial charge in [0, 0.05) is 18.3 Å². The molecule has 0 amide bonds. The lowest BCUT2D eigenvalue weighted by molar-refractivity contribution is 0.229. The highest BCUT2D eigenvalue weighted by molar-refractivity contribution is 7.99. The smallest absolute Gasteiger partial charge is 0.218 e. The molecule has 3 nitrogen and oxygen atoms in total. The second-order valence-corrected chi connectivity index (χ2v) is 6.14. The van der Waals surface area contributed by atoms with Gasteiger partial charge in [-0.05, 0) is 50.3 Å². The van der Waals surface area contributed by atoms with Gasteiger partial charge in [0.25, 0.3) is 0 Å². The molecule has 0 saturated carbocycles. The normalized spacial score (nSPS) is 19.4. The lowest BCUT2D eigenvalue weighted by atomic mass is 10.1. The van der Waals surface area contributed by atoms with Crippen LogP contribution in [0.1, 0.15) is 25.8 Å². The molecule has 4 heteroatoms. The van der Waals surface area contributed by atoms with Crippen molar-refractivity contribution in [3.8, 4) is 5.88 Å². The molecule has 1 N–H and O–H groups in total. The number of pyridine rings is 1. The number of nitrogens with one attached hydrogen (secondary N) is 1. The summed E-state index contributed by atoms with van der Waals surface area (Å²) in [4.78, 5) is 4.30. The van der Waals surface area contributed by atoms with Crippen LogP contribution in [0.4, 0.5) is 0 Å². The average molecular weight is 266 g/mol. The SMILES string of the molecule is CC(C)Oc1ncccc1CNCC1CCSC1. The van der Waals surface area contributed by atoms with Gasteiger partial charge in [-0.15, -0.1) is 0 Å². The van der Waals surface area contributed by atoms with E-state index in [0.29, 0.717) is 0 Å². The molecule has 0 spiro atoms. The van der Waals surface area contributed by atoms with Crippen molar-refractivity contribution in [1.29, 1.82) is 0 Å². The van der Waals surface area contributed by atoms with E-state index in [2.05, 4.69) is 28.1 Å². The largest absolute Gasteiger partial charge is 0.475 e. The van der Waals surface area contributed by atoms with Gasteiger partial charge < -0.3 is 10.1 Å². The molecule has 1 aromatic heterocycles. The number of hydrogen-bond acceptors (Lipinski definition) is 4. The van der Waals surface area contributed by atoms with Crippen molar-refractivity contribution >= 4 is 11.8 Å². The van der Waals surface area contributed by atoms with Crippen LogP contribution in [0.25, 0.3) is 0 Å². The van der Waals surface area contributed by atoms with Crippen molar-refractivity contribution in [3.05, 3.63) is 23.9 Å². The van der Waals surface area contributed by atoms with E-state index in [1.54, 1.807) is 6.20 Å². The molecule has 1 atom stereocenters. The van der Waals surface area contributed by atoms with Crippen LogP contribution < -0.4 is 10.1 Å². The maximum Gasteiger partial charge on any atom is 0.218 e. The first kappa shape index (κ1) is 13.7. The van der Waals surface area contributed by atoms with Crippen molar-refractivity contribution in [2.45, 2.75) is 32.9 Å². The van der Waals surface area contributed by atoms with E-state index in [0.717, 1.165) is 30.5 Å². The Kier molecular flexibility index (Phi) is 5.32. The van der Waals surface area contributed by atoms with Gasteiger partial charge in [0.15, 0.2) is 0 Å². The summed E-state index contributed by atoms with van der Waals surface area (Å²) in [7, 11) is 0. The van der Waals surface area contributed by atoms with Crippen molar-refractivity contribution in [2.24, 2.45) is 5.92 Å². The first-order valence-corrected chi connectivity index (χ1v) is 7.80. The van der Waals surface area contributed by atoms with Crippen LogP contribution in [0.2, 0.25) is 0 Å². The summed E-state index contributed by atoms with van der Waals surface area (Å²) < 4.78 is 5.71. The minimum atomic E-state index is 0.171. The molecular weight excluding hydrogens is 244 g/mol. The van der Waals surface area contributed by atoms with Gasteiger partial charge in [0.2, 0.25) is 5.88 Å². The Morgan fingerprint density at radius 1 is 1.56 bits per heavy atom. The van der Waals surface area contributed by atoms with Gasteiger partial charge in [0.05, 0.1) is 6.10 Å². The number of aromatic nitrogens is 1. The van der Waals surface area contributed by atoms with E-state index >= 15 is 0 Å². The topological polar surface area (TPSA) is 34.1 Å². The first-order chi connectivity index (χ1) is 8.75. The lowest BCUT2D eigenvalue weighted by Gasteiger charge is -2.14. The summed E-state index contributed by atoms with van der Waals surface area (Å²) >= 11 is 2.06. The summed E-state index contributed by atoms with van der Waals surface area (Å²) in [6, 6.07) is 4.05. The fourth-order valence-corrected chi connectivity index (χ4v) is 3.33. The molecule has 0 aromatic carbocycles. The van der Waals surface area contributed by atoms with Crippen LogP contribution in [-0.2, 0) is 6.54 Å². The Hall–Kier alpha value is -0.740. The summed E-state index contributed by atoms with van der Waals surface area (Å²) in [6.45, 7) is 6.00. The summed E-state index contributed by atoms with van der Waals surface area (Å²) in [5.41, 5.74) is 1.15. The molecule has 0 aliphatic carbocycles. The minimum Gasteiger partial charge on any atom is -0.475 e. The highest BCUT2D eigenvalue weighted by Crippen LogP contribution is 2.23. The maximum absolute atomic E-state index is 5.71. The van der Waals surface area contributed by atoms with Crippen molar-refractivity contribution in [2.75, 3.05) is 18.1 Å². The van der Waals surface area contributed by atoms with Crippen LogP contribution in [0.5, 0.6) is 5.88 Å². The number of hydrogen-bond donors (Lipinski definition) is 1. The Balaban J connectivity index is 1.83. The monoisotopic (exact) mass is 266 g/mol. The second kappa shape index (κ2) is 7.00. The van der Waals surface area contributed by atoms with E-state index in [9.17, 15) is 0 Å². The van der Waals surface area contributed by atoms with Crippen LogP contribution in [0, 0.1) is 5.92 Å². The third kappa shape index (κ3) is 4.18. The Morgan fingerprint density at radius 2 is 2.44 bits per heavy atom. The van der Waals surface area contributed by atoms with E-state index in [-0.39, 0.29) is 6.10 Å². The molecule has 1 aliphatic heterocycles. The van der Waals surface area contributed by atoms with Crippen LogP contribution in [0.3, 0.4) is 0 Å². The Bertz CT molecular complexity index is 365. The molecule has 1 aliphatic rings. The van der Waals surface area contributed by atoms with Crippen LogP contribution in [-0.4, -0.2) is 29.1 Å². The summed E-state index contributed by atoms with van der Waals surface area (Å²) in [6.07, 6.45) is 3.30. The molecule has 1 fully saturated rings. The first-order valence-electron chi connectivity index (χ1n) is 6.64. The van der Waals surface area contributed by atoms with E-state index < -0.39 is 0 Å². The maximum atomic E-state index is 5.71. The van der Waals surface area contributed by atoms with Crippen molar-refractivity contribution < 1.29 is 4.74 Å². The fourth-order valence-electron chi connectivity index (χ4n) is 2.04. The number of rotatable bonds is 6. The zero-order valence-electron chi connectivity index (χ0n) is 11.2. The zero-order chi connectivity index (χ0) is 12.8. The molecule has 1 unspecified atom stereocenters. The summed E-state index contributed by atoms with van der Waals surface area (Å²) in [5.74, 6) is 4.22. The average Bonchev–Trinajstić information content (AvgIpc) is 2.84. The Morgan fingerprint density at radius 3 is 3.17 bits per heavy atom. The molecule has 0 radical (unpaired) electrons. The zero-order valence-corrected chi connectivity index (χ0v) is 12.0. The van der Waals surface area contributed by atoms with E-state index in [4.69, 9.17) is 4.74 Å². The number of thioether (sulfide) groups is 1. The van der Waals surface area contributed by atoms with E-state index in [1.165, 1.54) is 17.9 Å². The van der Waals surface area contributed by atoms with Crippen LogP contribution >= 0.6 is 11.8 Å². The molecule has 2 heterocycles. The number of ether oxygens (including phenoxy) is 1. The minimum absolute atomic E-state index is 0.171. The molecule has 1 aromatic rings. The van der Waals surface area contributed by atoms with Gasteiger partial charge in [-0.1, -0.05) is 6.07 Å². The second-order valence-electron chi connectivity index (χ2n) is 4.99. The molecule has 1 saturated heterocycles. The summed E-state index contributed by atoms with van der Waals surface area (Å²) in [5, 5.41) is 3.52. The van der Waals surface area contributed by atoms with Gasteiger partial charge in [-0.3, -0.25) is 0 Å². The van der Waals surface area contributed by atoms with Crippen molar-refractivity contribution in [1.82, 2.24) is 10.3 Å². The van der Waals surface area contributed by atoms with E-state index in [1.807, 2.05) is 19.9 Å². The standard InChI is InChI=1S/C14H22N2OS/c1-11(2)17-14-13(4-3-6-16-14)9-15-8-12-5-7-18-10-12/h3-4,6,11-12,15H,5,7-10H2,1-2H3. The predicted octanol–water partition coefficient (Wildman–Crippen LogP) is 2.71. The van der Waals surface area contributed by atoms with Gasteiger partial charge >= 0.3 is 0 Å². The highest BCUT2D eigenvalue weighted by atomic mass is 32.2. The van der Waals surface area contributed by atoms with Gasteiger partial charge in [-0.25, -0.2) is 4.98 Å². The molecule has 0 bridgehead atoms. The van der Waals surface area contributed by atoms with Gasteiger partial charge in [0.1, 0.15) is 0 Å².